The second kappa shape index (κ2) is 6.10. The molecule has 0 unspecified atom stereocenters. The van der Waals surface area contributed by atoms with Gasteiger partial charge in [0.25, 0.3) is 0 Å². The topological polar surface area (TPSA) is 43.1 Å². The third-order valence-electron chi connectivity index (χ3n) is 7.94. The van der Waals surface area contributed by atoms with Crippen molar-refractivity contribution in [2.45, 2.75) is 12.8 Å². The largest absolute Gasteiger partial charge is 0.290 e. The molecule has 35 heavy (non-hydrogen) atoms. The Kier molecular flexibility index (Phi) is 3.11. The number of nitrogens with zero attached hydrogens (tertiary/aromatic N) is 4. The molecule has 162 valence electrons. The smallest absolute Gasteiger partial charge is 0.148 e. The number of benzene rings is 3. The van der Waals surface area contributed by atoms with Gasteiger partial charge in [-0.15, -0.1) is 0 Å². The van der Waals surface area contributed by atoms with E-state index in [9.17, 15) is 0 Å². The number of pyridine rings is 3. The van der Waals surface area contributed by atoms with E-state index in [0.717, 1.165) is 51.5 Å². The quantitative estimate of drug-likeness (QED) is 0.243. The lowest BCUT2D eigenvalue weighted by Gasteiger charge is -2.09. The summed E-state index contributed by atoms with van der Waals surface area (Å²) < 4.78 is 2.27. The van der Waals surface area contributed by atoms with E-state index in [1.807, 2.05) is 24.5 Å². The molecule has 9 rings (SSSR count). The van der Waals surface area contributed by atoms with E-state index in [2.05, 4.69) is 70.0 Å². The normalized spacial score (nSPS) is 13.5. The Morgan fingerprint density at radius 3 is 2.34 bits per heavy atom. The van der Waals surface area contributed by atoms with Gasteiger partial charge in [0, 0.05) is 24.2 Å². The summed E-state index contributed by atoms with van der Waals surface area (Å²) in [7, 11) is 0. The van der Waals surface area contributed by atoms with E-state index >= 15 is 0 Å². The van der Waals surface area contributed by atoms with Crippen LogP contribution in [0, 0.1) is 0 Å². The number of rotatable bonds is 0. The lowest BCUT2D eigenvalue weighted by Crippen LogP contribution is -1.94. The number of aromatic nitrogens is 4. The van der Waals surface area contributed by atoms with Crippen molar-refractivity contribution in [1.82, 2.24) is 19.4 Å². The van der Waals surface area contributed by atoms with Crippen LogP contribution in [0.2, 0.25) is 0 Å². The number of hydrogen-bond donors (Lipinski definition) is 0. The Morgan fingerprint density at radius 1 is 0.571 bits per heavy atom. The monoisotopic (exact) mass is 446 g/mol. The van der Waals surface area contributed by atoms with Gasteiger partial charge in [-0.2, -0.15) is 0 Å². The molecule has 0 saturated carbocycles. The maximum absolute atomic E-state index is 5.28. The fourth-order valence-electron chi connectivity index (χ4n) is 6.50. The molecule has 0 radical (unpaired) electrons. The molecule has 0 spiro atoms. The van der Waals surface area contributed by atoms with Crippen LogP contribution in [-0.2, 0) is 12.8 Å². The van der Waals surface area contributed by atoms with E-state index in [0.29, 0.717) is 0 Å². The second-order valence-corrected chi connectivity index (χ2v) is 9.64. The maximum Gasteiger partial charge on any atom is 0.148 e. The fraction of sp³-hybridized carbons (Fsp3) is 0.0645. The van der Waals surface area contributed by atoms with E-state index < -0.39 is 0 Å². The zero-order chi connectivity index (χ0) is 22.7. The van der Waals surface area contributed by atoms with Crippen LogP contribution in [0.25, 0.3) is 60.9 Å². The predicted octanol–water partition coefficient (Wildman–Crippen LogP) is 6.73. The van der Waals surface area contributed by atoms with Crippen LogP contribution in [0.1, 0.15) is 22.3 Å². The first-order valence-electron chi connectivity index (χ1n) is 12.1. The van der Waals surface area contributed by atoms with Crippen molar-refractivity contribution in [3.63, 3.8) is 0 Å². The Labute approximate surface area is 200 Å². The zero-order valence-corrected chi connectivity index (χ0v) is 18.8. The molecule has 2 aliphatic rings. The third-order valence-corrected chi connectivity index (χ3v) is 7.94. The average molecular weight is 447 g/mol. The third kappa shape index (κ3) is 2.11. The lowest BCUT2D eigenvalue weighted by molar-refractivity contribution is 1.24. The first kappa shape index (κ1) is 17.8. The minimum absolute atomic E-state index is 0.904. The molecule has 4 nitrogen and oxygen atoms in total. The highest BCUT2D eigenvalue weighted by molar-refractivity contribution is 6.11. The summed E-state index contributed by atoms with van der Waals surface area (Å²) in [6.07, 6.45) is 5.60. The zero-order valence-electron chi connectivity index (χ0n) is 18.8. The van der Waals surface area contributed by atoms with Gasteiger partial charge in [0.15, 0.2) is 0 Å². The summed E-state index contributed by atoms with van der Waals surface area (Å²) >= 11 is 0. The Bertz CT molecular complexity index is 2070. The van der Waals surface area contributed by atoms with Crippen LogP contribution < -0.4 is 0 Å². The highest BCUT2D eigenvalue weighted by Crippen LogP contribution is 2.49. The molecule has 0 aliphatic heterocycles. The summed E-state index contributed by atoms with van der Waals surface area (Å²) in [6, 6.07) is 26.2. The van der Waals surface area contributed by atoms with Crippen molar-refractivity contribution in [3.05, 3.63) is 107 Å². The molecule has 0 saturated heterocycles. The molecule has 0 bridgehead atoms. The van der Waals surface area contributed by atoms with Crippen molar-refractivity contribution < 1.29 is 0 Å². The van der Waals surface area contributed by atoms with Crippen molar-refractivity contribution in [2.24, 2.45) is 0 Å². The van der Waals surface area contributed by atoms with Crippen LogP contribution >= 0.6 is 0 Å². The Morgan fingerprint density at radius 2 is 1.37 bits per heavy atom. The molecule has 4 heteroatoms. The van der Waals surface area contributed by atoms with Gasteiger partial charge in [0.05, 0.1) is 16.6 Å². The van der Waals surface area contributed by atoms with E-state index in [4.69, 9.17) is 9.97 Å². The van der Waals surface area contributed by atoms with Crippen molar-refractivity contribution in [2.75, 3.05) is 0 Å². The van der Waals surface area contributed by atoms with Gasteiger partial charge in [-0.05, 0) is 81.3 Å². The van der Waals surface area contributed by atoms with Crippen LogP contribution in [0.3, 0.4) is 0 Å². The fourth-order valence-corrected chi connectivity index (χ4v) is 6.50. The van der Waals surface area contributed by atoms with Crippen LogP contribution in [-0.4, -0.2) is 19.4 Å². The minimum atomic E-state index is 0.904. The summed E-state index contributed by atoms with van der Waals surface area (Å²) in [5.74, 6) is 0. The molecule has 0 atom stereocenters. The number of fused-ring (bicyclic) bond motifs is 16. The summed E-state index contributed by atoms with van der Waals surface area (Å²) in [5, 5.41) is 1.04. The van der Waals surface area contributed by atoms with E-state index in [1.54, 1.807) is 0 Å². The molecule has 0 N–H and O–H groups in total. The van der Waals surface area contributed by atoms with Gasteiger partial charge in [-0.1, -0.05) is 42.5 Å². The molecule has 7 aromatic rings. The Hall–Kier alpha value is -4.57. The minimum Gasteiger partial charge on any atom is -0.290 e. The van der Waals surface area contributed by atoms with Crippen molar-refractivity contribution >= 4 is 38.6 Å². The Balaban J connectivity index is 1.39. The van der Waals surface area contributed by atoms with Crippen LogP contribution in [0.4, 0.5) is 0 Å². The average Bonchev–Trinajstić information content (AvgIpc) is 3.59. The van der Waals surface area contributed by atoms with Crippen molar-refractivity contribution in [1.29, 1.82) is 0 Å². The number of imidazole rings is 1. The van der Waals surface area contributed by atoms with Crippen LogP contribution in [0.15, 0.2) is 85.2 Å². The molecular formula is C31H18N4. The lowest BCUT2D eigenvalue weighted by atomic mass is 9.95. The van der Waals surface area contributed by atoms with Gasteiger partial charge in [0.2, 0.25) is 0 Å². The van der Waals surface area contributed by atoms with Gasteiger partial charge in [-0.3, -0.25) is 14.4 Å². The summed E-state index contributed by atoms with van der Waals surface area (Å²) in [5.41, 5.74) is 17.2. The first-order chi connectivity index (χ1) is 17.4. The molecule has 0 fully saturated rings. The molecule has 4 heterocycles. The SMILES string of the molecule is c1ccc2c(c1)Cc1c-2ccc2c1-c1ccc3c(nc4c5cccnc5c5ncccc5n34)c1C2. The molecule has 4 aromatic heterocycles. The number of hydrogen-bond acceptors (Lipinski definition) is 3. The van der Waals surface area contributed by atoms with Gasteiger partial charge in [-0.25, -0.2) is 4.98 Å². The van der Waals surface area contributed by atoms with E-state index in [1.165, 1.54) is 44.5 Å². The van der Waals surface area contributed by atoms with Gasteiger partial charge >= 0.3 is 0 Å². The first-order valence-corrected chi connectivity index (χ1v) is 12.1. The molecule has 0 amide bonds. The van der Waals surface area contributed by atoms with Crippen molar-refractivity contribution in [3.8, 4) is 22.3 Å². The summed E-state index contributed by atoms with van der Waals surface area (Å²) in [6.45, 7) is 0. The van der Waals surface area contributed by atoms with Gasteiger partial charge in [0.1, 0.15) is 16.7 Å². The van der Waals surface area contributed by atoms with Gasteiger partial charge < -0.3 is 0 Å². The highest BCUT2D eigenvalue weighted by atomic mass is 15.0. The maximum atomic E-state index is 5.28. The summed E-state index contributed by atoms with van der Waals surface area (Å²) in [4.78, 5) is 14.7. The van der Waals surface area contributed by atoms with Crippen LogP contribution in [0.5, 0.6) is 0 Å². The standard InChI is InChI=1S/C31H18N4/c1-2-6-19-17(5-1)15-23-20(19)10-9-18-16-24-21(27(18)23)11-12-26-28(24)34-31-22-7-3-13-32-29(22)30-25(35(26)31)8-4-14-33-30/h1-14H,15-16H2. The van der Waals surface area contributed by atoms with E-state index in [-0.39, 0.29) is 0 Å². The second-order valence-electron chi connectivity index (χ2n) is 9.64. The highest BCUT2D eigenvalue weighted by Gasteiger charge is 2.30. The molecular weight excluding hydrogens is 428 g/mol. The predicted molar refractivity (Wildman–Crippen MR) is 140 cm³/mol. The molecule has 2 aliphatic carbocycles. The molecule has 3 aromatic carbocycles.